The van der Waals surface area contributed by atoms with Crippen molar-refractivity contribution in [3.05, 3.63) is 35.9 Å². The predicted molar refractivity (Wildman–Crippen MR) is 144 cm³/mol. The summed E-state index contributed by atoms with van der Waals surface area (Å²) in [6.07, 6.45) is -7.26. The number of hydrogen-bond donors (Lipinski definition) is 7. The number of ether oxygens (including phenoxy) is 2. The first-order valence-corrected chi connectivity index (χ1v) is 13.0. The summed E-state index contributed by atoms with van der Waals surface area (Å²) >= 11 is 0. The Balaban J connectivity index is 2.96. The summed E-state index contributed by atoms with van der Waals surface area (Å²) in [5.41, 5.74) is -0.290. The van der Waals surface area contributed by atoms with Crippen LogP contribution in [0.3, 0.4) is 0 Å². The zero-order valence-corrected chi connectivity index (χ0v) is 23.8. The summed E-state index contributed by atoms with van der Waals surface area (Å²) in [6, 6.07) is 4.84. The number of nitrogens with one attached hydrogen (secondary N) is 3. The summed E-state index contributed by atoms with van der Waals surface area (Å²) < 4.78 is 9.85. The molecular formula is C27H43N3O10. The molecule has 0 aliphatic heterocycles. The van der Waals surface area contributed by atoms with E-state index in [1.807, 2.05) is 13.8 Å². The first-order chi connectivity index (χ1) is 18.6. The number of hydrogen-bond acceptors (Lipinski definition) is 10. The SMILES string of the molecule is COC(=O)C[C@H](NC(=O)[C@@H](O)[C@H](O)[C@H](O)[C@H](CO)NC(=O)[C@H](CC(C)C)NC(=O)OC(C)(C)C)c1ccccc1. The molecule has 13 nitrogen and oxygen atoms in total. The molecule has 3 amide bonds. The molecule has 0 saturated heterocycles. The number of amides is 3. The van der Waals surface area contributed by atoms with Crippen LogP contribution in [0.25, 0.3) is 0 Å². The zero-order chi connectivity index (χ0) is 30.6. The van der Waals surface area contributed by atoms with Gasteiger partial charge in [0, 0.05) is 0 Å². The molecule has 0 aliphatic carbocycles. The fourth-order valence-electron chi connectivity index (χ4n) is 3.70. The van der Waals surface area contributed by atoms with Gasteiger partial charge < -0.3 is 45.9 Å². The van der Waals surface area contributed by atoms with Crippen LogP contribution in [-0.4, -0.2) is 94.0 Å². The van der Waals surface area contributed by atoms with E-state index in [1.54, 1.807) is 51.1 Å². The van der Waals surface area contributed by atoms with Crippen molar-refractivity contribution in [3.63, 3.8) is 0 Å². The third-order valence-electron chi connectivity index (χ3n) is 5.71. The van der Waals surface area contributed by atoms with E-state index in [2.05, 4.69) is 20.7 Å². The van der Waals surface area contributed by atoms with Crippen LogP contribution in [0, 0.1) is 5.92 Å². The average molecular weight is 570 g/mol. The molecule has 13 heteroatoms. The molecular weight excluding hydrogens is 526 g/mol. The molecule has 0 fully saturated rings. The summed E-state index contributed by atoms with van der Waals surface area (Å²) in [5.74, 6) is -2.58. The number of carbonyl (C=O) groups excluding carboxylic acids is 4. The quantitative estimate of drug-likeness (QED) is 0.148. The van der Waals surface area contributed by atoms with Crippen LogP contribution in [0.4, 0.5) is 4.79 Å². The summed E-state index contributed by atoms with van der Waals surface area (Å²) in [5, 5.41) is 48.7. The fraction of sp³-hybridized carbons (Fsp3) is 0.630. The Kier molecular flexibility index (Phi) is 14.0. The van der Waals surface area contributed by atoms with Crippen molar-refractivity contribution in [1.82, 2.24) is 16.0 Å². The molecule has 0 unspecified atom stereocenters. The van der Waals surface area contributed by atoms with Gasteiger partial charge in [-0.05, 0) is 38.7 Å². The van der Waals surface area contributed by atoms with Gasteiger partial charge in [0.15, 0.2) is 6.10 Å². The number of methoxy groups -OCH3 is 1. The molecule has 1 rings (SSSR count). The van der Waals surface area contributed by atoms with Crippen LogP contribution in [0.2, 0.25) is 0 Å². The van der Waals surface area contributed by atoms with Gasteiger partial charge >= 0.3 is 12.1 Å². The predicted octanol–water partition coefficient (Wildman–Crippen LogP) is -0.0938. The van der Waals surface area contributed by atoms with Crippen molar-refractivity contribution in [2.45, 2.75) is 89.5 Å². The fourth-order valence-corrected chi connectivity index (χ4v) is 3.70. The Morgan fingerprint density at radius 1 is 0.900 bits per heavy atom. The van der Waals surface area contributed by atoms with Gasteiger partial charge in [-0.2, -0.15) is 0 Å². The number of aliphatic hydroxyl groups is 4. The smallest absolute Gasteiger partial charge is 0.408 e. The van der Waals surface area contributed by atoms with E-state index in [1.165, 1.54) is 7.11 Å². The van der Waals surface area contributed by atoms with Gasteiger partial charge in [0.2, 0.25) is 5.91 Å². The molecule has 0 saturated carbocycles. The number of alkyl carbamates (subject to hydrolysis) is 1. The first kappa shape index (κ1) is 34.8. The van der Waals surface area contributed by atoms with Crippen LogP contribution < -0.4 is 16.0 Å². The Bertz CT molecular complexity index is 967. The lowest BCUT2D eigenvalue weighted by Gasteiger charge is -2.31. The maximum absolute atomic E-state index is 12.9. The largest absolute Gasteiger partial charge is 0.469 e. The lowest BCUT2D eigenvalue weighted by molar-refractivity contribution is -0.145. The van der Waals surface area contributed by atoms with Crippen LogP contribution in [0.15, 0.2) is 30.3 Å². The lowest BCUT2D eigenvalue weighted by atomic mass is 9.98. The van der Waals surface area contributed by atoms with Gasteiger partial charge in [-0.1, -0.05) is 44.2 Å². The standard InChI is InChI=1S/C27H43N3O10/c1-15(2)12-18(30-26(38)40-27(3,4)5)24(36)29-19(14-31)21(33)22(34)23(35)25(37)28-17(13-20(32)39-6)16-10-8-7-9-11-16/h7-11,15,17-19,21-23,31,33-35H,12-14H2,1-6H3,(H,28,37)(H,29,36)(H,30,38)/t17-,18-,19-,21+,22+,23-/m0/s1. The molecule has 0 bridgehead atoms. The zero-order valence-electron chi connectivity index (χ0n) is 23.8. The highest BCUT2D eigenvalue weighted by atomic mass is 16.6. The van der Waals surface area contributed by atoms with E-state index in [-0.39, 0.29) is 18.8 Å². The second-order valence-electron chi connectivity index (χ2n) is 10.8. The number of carbonyl (C=O) groups is 4. The third-order valence-corrected chi connectivity index (χ3v) is 5.71. The van der Waals surface area contributed by atoms with Crippen molar-refractivity contribution < 1.29 is 49.1 Å². The second kappa shape index (κ2) is 16.1. The van der Waals surface area contributed by atoms with E-state index in [0.29, 0.717) is 5.56 Å². The molecule has 0 spiro atoms. The van der Waals surface area contributed by atoms with Gasteiger partial charge in [-0.25, -0.2) is 4.79 Å². The van der Waals surface area contributed by atoms with Crippen molar-refractivity contribution in [1.29, 1.82) is 0 Å². The van der Waals surface area contributed by atoms with Crippen LogP contribution in [0.1, 0.15) is 59.1 Å². The molecule has 0 heterocycles. The number of benzene rings is 1. The highest BCUT2D eigenvalue weighted by Gasteiger charge is 2.37. The molecule has 6 atom stereocenters. The first-order valence-electron chi connectivity index (χ1n) is 13.0. The highest BCUT2D eigenvalue weighted by molar-refractivity contribution is 5.86. The lowest BCUT2D eigenvalue weighted by Crippen LogP contribution is -2.59. The normalized spacial score (nSPS) is 16.1. The Morgan fingerprint density at radius 2 is 1.50 bits per heavy atom. The van der Waals surface area contributed by atoms with Gasteiger partial charge in [0.05, 0.1) is 32.2 Å². The number of esters is 1. The number of aliphatic hydroxyl groups excluding tert-OH is 4. The van der Waals surface area contributed by atoms with E-state index in [0.717, 1.165) is 0 Å². The third kappa shape index (κ3) is 11.9. The Labute approximate surface area is 234 Å². The molecule has 1 aromatic rings. The minimum Gasteiger partial charge on any atom is -0.469 e. The second-order valence-corrected chi connectivity index (χ2v) is 10.8. The molecule has 40 heavy (non-hydrogen) atoms. The highest BCUT2D eigenvalue weighted by Crippen LogP contribution is 2.18. The molecule has 226 valence electrons. The average Bonchev–Trinajstić information content (AvgIpc) is 2.88. The van der Waals surface area contributed by atoms with E-state index in [9.17, 15) is 39.6 Å². The van der Waals surface area contributed by atoms with Crippen molar-refractivity contribution in [2.24, 2.45) is 5.92 Å². The van der Waals surface area contributed by atoms with Crippen LogP contribution >= 0.6 is 0 Å². The topological polar surface area (TPSA) is 204 Å². The van der Waals surface area contributed by atoms with Crippen molar-refractivity contribution in [3.8, 4) is 0 Å². The summed E-state index contributed by atoms with van der Waals surface area (Å²) in [7, 11) is 1.18. The van der Waals surface area contributed by atoms with Gasteiger partial charge in [-0.15, -0.1) is 0 Å². The van der Waals surface area contributed by atoms with E-state index in [4.69, 9.17) is 4.74 Å². The maximum Gasteiger partial charge on any atom is 0.408 e. The van der Waals surface area contributed by atoms with Gasteiger partial charge in [0.25, 0.3) is 5.91 Å². The van der Waals surface area contributed by atoms with Crippen molar-refractivity contribution in [2.75, 3.05) is 13.7 Å². The maximum atomic E-state index is 12.9. The van der Waals surface area contributed by atoms with Crippen LogP contribution in [0.5, 0.6) is 0 Å². The molecule has 0 aromatic heterocycles. The number of rotatable bonds is 14. The summed E-state index contributed by atoms with van der Waals surface area (Å²) in [4.78, 5) is 49.8. The van der Waals surface area contributed by atoms with Crippen LogP contribution in [-0.2, 0) is 23.9 Å². The van der Waals surface area contributed by atoms with E-state index < -0.39 is 72.5 Å². The molecule has 0 aliphatic rings. The van der Waals surface area contributed by atoms with Crippen molar-refractivity contribution >= 4 is 23.9 Å². The Hall–Kier alpha value is -3.26. The minimum atomic E-state index is -2.20. The molecule has 7 N–H and O–H groups in total. The minimum absolute atomic E-state index is 0.0400. The molecule has 1 aromatic carbocycles. The van der Waals surface area contributed by atoms with E-state index >= 15 is 0 Å². The molecule has 0 radical (unpaired) electrons. The van der Waals surface area contributed by atoms with Gasteiger partial charge in [-0.3, -0.25) is 14.4 Å². The summed E-state index contributed by atoms with van der Waals surface area (Å²) in [6.45, 7) is 7.73. The van der Waals surface area contributed by atoms with Gasteiger partial charge in [0.1, 0.15) is 23.9 Å². The monoisotopic (exact) mass is 569 g/mol. The Morgan fingerprint density at radius 3 is 2.00 bits per heavy atom.